The summed E-state index contributed by atoms with van der Waals surface area (Å²) in [6.45, 7) is 0.311. The first-order chi connectivity index (χ1) is 17.0. The van der Waals surface area contributed by atoms with Crippen LogP contribution in [0.25, 0.3) is 33.1 Å². The first kappa shape index (κ1) is 22.4. The molecule has 0 atom stereocenters. The van der Waals surface area contributed by atoms with E-state index in [0.717, 1.165) is 28.3 Å². The number of amides is 1. The molecular weight excluding hydrogens is 468 g/mol. The van der Waals surface area contributed by atoms with Crippen molar-refractivity contribution >= 4 is 51.4 Å². The van der Waals surface area contributed by atoms with Crippen LogP contribution < -0.4 is 10.1 Å². The number of ether oxygens (including phenoxy) is 2. The summed E-state index contributed by atoms with van der Waals surface area (Å²) in [4.78, 5) is 24.4. The fraction of sp³-hybridized carbons (Fsp3) is 0.120. The van der Waals surface area contributed by atoms with Gasteiger partial charge in [0.05, 0.1) is 25.9 Å². The minimum absolute atomic E-state index is 0.136. The predicted molar refractivity (Wildman–Crippen MR) is 133 cm³/mol. The maximum Gasteiger partial charge on any atom is 0.411 e. The molecule has 1 amide bonds. The number of methoxy groups -OCH3 is 2. The fourth-order valence-corrected chi connectivity index (χ4v) is 4.66. The minimum atomic E-state index is -1.06. The Balaban J connectivity index is 1.73. The number of hydrogen-bond acceptors (Lipinski definition) is 7. The third kappa shape index (κ3) is 4.15. The maximum absolute atomic E-state index is 12.6. The number of anilines is 1. The lowest BCUT2D eigenvalue weighted by Gasteiger charge is -2.10. The Hall–Kier alpha value is -4.44. The number of carbonyl (C=O) groups is 2. The van der Waals surface area contributed by atoms with E-state index in [4.69, 9.17) is 9.47 Å². The van der Waals surface area contributed by atoms with Crippen molar-refractivity contribution in [3.63, 3.8) is 0 Å². The maximum atomic E-state index is 12.6. The number of nitrogens with zero attached hydrogens (tertiary/aromatic N) is 3. The molecule has 0 aliphatic carbocycles. The highest BCUT2D eigenvalue weighted by Gasteiger charge is 2.24. The third-order valence-electron chi connectivity index (χ3n) is 5.74. The molecule has 2 heterocycles. The molecular formula is C25H20N4O5S. The van der Waals surface area contributed by atoms with Gasteiger partial charge in [-0.15, -0.1) is 0 Å². The summed E-state index contributed by atoms with van der Waals surface area (Å²) in [6.07, 6.45) is -0.613. The van der Waals surface area contributed by atoms with E-state index >= 15 is 0 Å². The summed E-state index contributed by atoms with van der Waals surface area (Å²) >= 11 is 1.14. The quantitative estimate of drug-likeness (QED) is 0.335. The first-order valence-electron chi connectivity index (χ1n) is 10.6. The lowest BCUT2D eigenvalue weighted by molar-refractivity contribution is 0.0687. The van der Waals surface area contributed by atoms with E-state index in [0.29, 0.717) is 40.0 Å². The number of hydrogen-bond donors (Lipinski definition) is 2. The number of nitrogens with one attached hydrogen (secondary N) is 1. The van der Waals surface area contributed by atoms with Gasteiger partial charge in [-0.3, -0.25) is 5.32 Å². The van der Waals surface area contributed by atoms with Crippen LogP contribution in [0.1, 0.15) is 16.1 Å². The highest BCUT2D eigenvalue weighted by Crippen LogP contribution is 2.38. The standard InChI is InChI=1S/C25H20N4O5S/c1-33-17-7-4-15(5-8-17)22-18-12-16(26-25(32)34-2)6-10-21(18)29(23(22)24(30)31)13-14-3-9-19-20(11-14)28-35-27-19/h3-12H,13H2,1-2H3,(H,26,32)(H,30,31). The predicted octanol–water partition coefficient (Wildman–Crippen LogP) is 5.25. The zero-order valence-corrected chi connectivity index (χ0v) is 19.6. The third-order valence-corrected chi connectivity index (χ3v) is 6.29. The number of carbonyl (C=O) groups excluding carboxylic acids is 1. The molecule has 0 unspecified atom stereocenters. The van der Waals surface area contributed by atoms with Crippen molar-refractivity contribution in [2.75, 3.05) is 19.5 Å². The highest BCUT2D eigenvalue weighted by molar-refractivity contribution is 7.00. The number of carboxylic acid groups (broad SMARTS) is 1. The first-order valence-corrected chi connectivity index (χ1v) is 11.3. The molecule has 0 spiro atoms. The second kappa shape index (κ2) is 9.07. The Morgan fingerprint density at radius 2 is 1.77 bits per heavy atom. The summed E-state index contributed by atoms with van der Waals surface area (Å²) < 4.78 is 20.3. The van der Waals surface area contributed by atoms with Gasteiger partial charge in [0.1, 0.15) is 22.5 Å². The number of fused-ring (bicyclic) bond motifs is 2. The molecule has 9 nitrogen and oxygen atoms in total. The van der Waals surface area contributed by atoms with Crippen molar-refractivity contribution in [1.29, 1.82) is 0 Å². The SMILES string of the molecule is COC(=O)Nc1ccc2c(c1)c(-c1ccc(OC)cc1)c(C(=O)O)n2Cc1ccc2nsnc2c1. The van der Waals surface area contributed by atoms with Crippen molar-refractivity contribution in [3.8, 4) is 16.9 Å². The minimum Gasteiger partial charge on any atom is -0.497 e. The number of aromatic carboxylic acids is 1. The van der Waals surface area contributed by atoms with Crippen LogP contribution in [0.5, 0.6) is 5.75 Å². The van der Waals surface area contributed by atoms with Gasteiger partial charge in [-0.25, -0.2) is 9.59 Å². The molecule has 176 valence electrons. The fourth-order valence-electron chi connectivity index (χ4n) is 4.15. The zero-order valence-electron chi connectivity index (χ0n) is 18.8. The molecule has 5 rings (SSSR count). The van der Waals surface area contributed by atoms with Crippen LogP contribution in [0.15, 0.2) is 60.7 Å². The molecule has 0 saturated heterocycles. The molecule has 0 bridgehead atoms. The van der Waals surface area contributed by atoms with E-state index in [1.54, 1.807) is 42.0 Å². The second-order valence-corrected chi connectivity index (χ2v) is 8.31. The van der Waals surface area contributed by atoms with Gasteiger partial charge >= 0.3 is 12.1 Å². The molecule has 0 radical (unpaired) electrons. The Morgan fingerprint density at radius 1 is 1.00 bits per heavy atom. The Kier molecular flexibility index (Phi) is 5.79. The smallest absolute Gasteiger partial charge is 0.411 e. The van der Waals surface area contributed by atoms with Crippen molar-refractivity contribution in [1.82, 2.24) is 13.3 Å². The summed E-state index contributed by atoms with van der Waals surface area (Å²) in [5, 5.41) is 13.7. The van der Waals surface area contributed by atoms with E-state index in [9.17, 15) is 14.7 Å². The molecule has 0 saturated carbocycles. The van der Waals surface area contributed by atoms with Crippen LogP contribution >= 0.6 is 11.7 Å². The summed E-state index contributed by atoms with van der Waals surface area (Å²) in [6, 6.07) is 18.2. The summed E-state index contributed by atoms with van der Waals surface area (Å²) in [5.74, 6) is -0.404. The van der Waals surface area contributed by atoms with Crippen molar-refractivity contribution in [3.05, 3.63) is 71.9 Å². The highest BCUT2D eigenvalue weighted by atomic mass is 32.1. The van der Waals surface area contributed by atoms with E-state index < -0.39 is 12.1 Å². The molecule has 2 aromatic heterocycles. The van der Waals surface area contributed by atoms with Gasteiger partial charge in [-0.05, 0) is 53.6 Å². The van der Waals surface area contributed by atoms with Crippen LogP contribution in [0.2, 0.25) is 0 Å². The number of benzene rings is 3. The van der Waals surface area contributed by atoms with Crippen LogP contribution in [0.3, 0.4) is 0 Å². The molecule has 10 heteroatoms. The zero-order chi connectivity index (χ0) is 24.5. The topological polar surface area (TPSA) is 116 Å². The molecule has 3 aromatic carbocycles. The van der Waals surface area contributed by atoms with E-state index in [-0.39, 0.29) is 5.69 Å². The lowest BCUT2D eigenvalue weighted by atomic mass is 10.0. The van der Waals surface area contributed by atoms with Gasteiger partial charge in [0.15, 0.2) is 0 Å². The number of carboxylic acids is 1. The van der Waals surface area contributed by atoms with Gasteiger partial charge in [0, 0.05) is 28.7 Å². The van der Waals surface area contributed by atoms with Gasteiger partial charge < -0.3 is 19.1 Å². The number of aromatic nitrogens is 3. The van der Waals surface area contributed by atoms with E-state index in [1.165, 1.54) is 7.11 Å². The van der Waals surface area contributed by atoms with Gasteiger partial charge in [0.2, 0.25) is 0 Å². The molecule has 35 heavy (non-hydrogen) atoms. The molecule has 0 aliphatic rings. The summed E-state index contributed by atoms with van der Waals surface area (Å²) in [7, 11) is 2.85. The average molecular weight is 489 g/mol. The average Bonchev–Trinajstić information content (AvgIpc) is 3.46. The van der Waals surface area contributed by atoms with Crippen molar-refractivity contribution in [2.45, 2.75) is 6.54 Å². The van der Waals surface area contributed by atoms with Crippen molar-refractivity contribution < 1.29 is 24.2 Å². The Bertz CT molecular complexity index is 1570. The van der Waals surface area contributed by atoms with Gasteiger partial charge in [-0.1, -0.05) is 18.2 Å². The Morgan fingerprint density at radius 3 is 2.49 bits per heavy atom. The number of rotatable bonds is 6. The van der Waals surface area contributed by atoms with Gasteiger partial charge in [0.25, 0.3) is 0 Å². The molecule has 0 aliphatic heterocycles. The largest absolute Gasteiger partial charge is 0.497 e. The van der Waals surface area contributed by atoms with Crippen LogP contribution in [-0.2, 0) is 11.3 Å². The van der Waals surface area contributed by atoms with E-state index in [1.807, 2.05) is 30.3 Å². The van der Waals surface area contributed by atoms with Crippen LogP contribution in [0.4, 0.5) is 10.5 Å². The molecule has 5 aromatic rings. The second-order valence-electron chi connectivity index (χ2n) is 7.78. The van der Waals surface area contributed by atoms with E-state index in [2.05, 4.69) is 14.1 Å². The summed E-state index contributed by atoms with van der Waals surface area (Å²) in [5.41, 5.74) is 5.04. The van der Waals surface area contributed by atoms with Crippen LogP contribution in [0, 0.1) is 0 Å². The monoisotopic (exact) mass is 488 g/mol. The Labute approximate surface area is 203 Å². The lowest BCUT2D eigenvalue weighted by Crippen LogP contribution is -2.11. The van der Waals surface area contributed by atoms with Gasteiger partial charge in [-0.2, -0.15) is 8.75 Å². The van der Waals surface area contributed by atoms with Crippen LogP contribution in [-0.4, -0.2) is 44.7 Å². The van der Waals surface area contributed by atoms with Crippen molar-refractivity contribution in [2.24, 2.45) is 0 Å². The normalized spacial score (nSPS) is 11.0. The molecule has 2 N–H and O–H groups in total. The molecule has 0 fully saturated rings.